The maximum Gasteiger partial charge on any atom is 0.337 e. The van der Waals surface area contributed by atoms with E-state index in [-0.39, 0.29) is 10.5 Å². The van der Waals surface area contributed by atoms with Gasteiger partial charge in [0.05, 0.1) is 5.56 Å². The van der Waals surface area contributed by atoms with Crippen LogP contribution in [0.4, 0.5) is 8.78 Å². The molecule has 0 aliphatic rings. The van der Waals surface area contributed by atoms with Crippen LogP contribution in [0.2, 0.25) is 5.15 Å². The number of carbonyl (C=O) groups is 1. The molecule has 3 nitrogen and oxygen atoms in total. The third-order valence-corrected chi connectivity index (χ3v) is 2.59. The van der Waals surface area contributed by atoms with E-state index in [1.165, 1.54) is 0 Å². The molecule has 1 rings (SSSR count). The van der Waals surface area contributed by atoms with Gasteiger partial charge in [0.25, 0.3) is 6.43 Å². The molecule has 0 aliphatic heterocycles. The van der Waals surface area contributed by atoms with Crippen LogP contribution in [-0.2, 0) is 5.33 Å². The highest BCUT2D eigenvalue weighted by atomic mass is 79.9. The highest BCUT2D eigenvalue weighted by molar-refractivity contribution is 9.08. The zero-order chi connectivity index (χ0) is 11.6. The van der Waals surface area contributed by atoms with Crippen LogP contribution in [0.25, 0.3) is 0 Å². The van der Waals surface area contributed by atoms with Gasteiger partial charge >= 0.3 is 5.97 Å². The summed E-state index contributed by atoms with van der Waals surface area (Å²) in [4.78, 5) is 14.0. The Morgan fingerprint density at radius 1 is 1.67 bits per heavy atom. The van der Waals surface area contributed by atoms with E-state index in [9.17, 15) is 13.6 Å². The quantitative estimate of drug-likeness (QED) is 0.688. The maximum atomic E-state index is 12.4. The van der Waals surface area contributed by atoms with Crippen molar-refractivity contribution in [2.75, 3.05) is 0 Å². The first-order valence-corrected chi connectivity index (χ1v) is 5.24. The van der Waals surface area contributed by atoms with Gasteiger partial charge in [-0.05, 0) is 6.07 Å². The molecular weight excluding hydrogens is 295 g/mol. The van der Waals surface area contributed by atoms with Gasteiger partial charge in [0.1, 0.15) is 10.8 Å². The Bertz CT molecular complexity index is 400. The second kappa shape index (κ2) is 4.85. The van der Waals surface area contributed by atoms with Gasteiger partial charge in [-0.3, -0.25) is 0 Å². The number of aromatic nitrogens is 1. The Morgan fingerprint density at radius 2 is 2.27 bits per heavy atom. The van der Waals surface area contributed by atoms with Crippen LogP contribution >= 0.6 is 27.5 Å². The Hall–Kier alpha value is -0.750. The predicted molar refractivity (Wildman–Crippen MR) is 53.8 cm³/mol. The molecule has 0 saturated carbocycles. The zero-order valence-electron chi connectivity index (χ0n) is 7.18. The van der Waals surface area contributed by atoms with E-state index in [0.29, 0.717) is 5.56 Å². The largest absolute Gasteiger partial charge is 0.478 e. The first-order chi connectivity index (χ1) is 6.97. The average molecular weight is 300 g/mol. The first-order valence-electron chi connectivity index (χ1n) is 3.74. The van der Waals surface area contributed by atoms with E-state index >= 15 is 0 Å². The molecule has 0 spiro atoms. The van der Waals surface area contributed by atoms with Gasteiger partial charge in [0.2, 0.25) is 0 Å². The van der Waals surface area contributed by atoms with Gasteiger partial charge in [0.15, 0.2) is 0 Å². The lowest BCUT2D eigenvalue weighted by molar-refractivity contribution is 0.0682. The van der Waals surface area contributed by atoms with Crippen molar-refractivity contribution in [2.24, 2.45) is 0 Å². The van der Waals surface area contributed by atoms with Crippen molar-refractivity contribution in [1.82, 2.24) is 4.98 Å². The number of hydrogen-bond donors (Lipinski definition) is 1. The van der Waals surface area contributed by atoms with Crippen molar-refractivity contribution in [1.29, 1.82) is 0 Å². The number of aromatic carboxylic acids is 1. The number of pyridine rings is 1. The number of nitrogens with zero attached hydrogens (tertiary/aromatic N) is 1. The molecule has 0 saturated heterocycles. The molecule has 1 N–H and O–H groups in total. The van der Waals surface area contributed by atoms with E-state index in [1.54, 1.807) is 0 Å². The number of rotatable bonds is 3. The van der Waals surface area contributed by atoms with Crippen molar-refractivity contribution >= 4 is 33.5 Å². The number of alkyl halides is 3. The minimum atomic E-state index is -2.96. The Kier molecular flexibility index (Phi) is 3.98. The molecule has 7 heteroatoms. The van der Waals surface area contributed by atoms with Crippen molar-refractivity contribution in [3.63, 3.8) is 0 Å². The lowest BCUT2D eigenvalue weighted by Gasteiger charge is -2.07. The first kappa shape index (κ1) is 12.3. The molecule has 0 bridgehead atoms. The highest BCUT2D eigenvalue weighted by Crippen LogP contribution is 2.26. The minimum absolute atomic E-state index is 0.118. The number of halogens is 4. The van der Waals surface area contributed by atoms with Gasteiger partial charge in [-0.25, -0.2) is 18.6 Å². The van der Waals surface area contributed by atoms with Crippen LogP contribution in [-0.4, -0.2) is 16.1 Å². The molecule has 1 heterocycles. The second-order valence-corrected chi connectivity index (χ2v) is 3.53. The summed E-state index contributed by atoms with van der Waals surface area (Å²) in [6.07, 6.45) is -2.96. The summed E-state index contributed by atoms with van der Waals surface area (Å²) in [6, 6.07) is 1.09. The third-order valence-electron chi connectivity index (χ3n) is 1.66. The third kappa shape index (κ3) is 2.63. The molecule has 0 aromatic carbocycles. The average Bonchev–Trinajstić information content (AvgIpc) is 2.16. The summed E-state index contributed by atoms with van der Waals surface area (Å²) in [6.45, 7) is 0. The Labute approximate surface area is 97.2 Å². The summed E-state index contributed by atoms with van der Waals surface area (Å²) in [5.41, 5.74) is -0.973. The van der Waals surface area contributed by atoms with E-state index in [4.69, 9.17) is 16.7 Å². The SMILES string of the molecule is O=C(O)c1cc(CBr)c(Cl)nc1C(F)F. The molecular formula is C8H5BrClF2NO2. The molecule has 82 valence electrons. The minimum Gasteiger partial charge on any atom is -0.478 e. The van der Waals surface area contributed by atoms with Crippen LogP contribution in [0.15, 0.2) is 6.07 Å². The molecule has 1 aromatic heterocycles. The summed E-state index contributed by atoms with van der Waals surface area (Å²) in [5, 5.41) is 8.83. The zero-order valence-corrected chi connectivity index (χ0v) is 9.52. The van der Waals surface area contributed by atoms with Crippen LogP contribution in [0.3, 0.4) is 0 Å². The number of carboxylic acid groups (broad SMARTS) is 1. The fourth-order valence-electron chi connectivity index (χ4n) is 0.977. The van der Waals surface area contributed by atoms with Crippen LogP contribution in [0, 0.1) is 0 Å². The van der Waals surface area contributed by atoms with Gasteiger partial charge in [0, 0.05) is 10.9 Å². The highest BCUT2D eigenvalue weighted by Gasteiger charge is 2.21. The second-order valence-electron chi connectivity index (χ2n) is 2.61. The van der Waals surface area contributed by atoms with Crippen molar-refractivity contribution in [3.8, 4) is 0 Å². The standard InChI is InChI=1S/C8H5BrClF2NO2/c9-2-3-1-4(8(14)15)5(7(11)12)13-6(3)10/h1,7H,2H2,(H,14,15). The molecule has 0 unspecified atom stereocenters. The van der Waals surface area contributed by atoms with Crippen LogP contribution in [0.1, 0.15) is 28.0 Å². The van der Waals surface area contributed by atoms with E-state index in [2.05, 4.69) is 20.9 Å². The normalized spacial score (nSPS) is 10.7. The molecule has 0 radical (unpaired) electrons. The molecule has 0 fully saturated rings. The Morgan fingerprint density at radius 3 is 2.67 bits per heavy atom. The van der Waals surface area contributed by atoms with E-state index in [0.717, 1.165) is 6.07 Å². The van der Waals surface area contributed by atoms with Gasteiger partial charge < -0.3 is 5.11 Å². The van der Waals surface area contributed by atoms with Crippen LogP contribution in [0.5, 0.6) is 0 Å². The molecule has 0 aliphatic carbocycles. The lowest BCUT2D eigenvalue weighted by Crippen LogP contribution is -2.07. The van der Waals surface area contributed by atoms with Gasteiger partial charge in [-0.2, -0.15) is 0 Å². The number of carboxylic acids is 1. The fourth-order valence-corrected chi connectivity index (χ4v) is 1.78. The molecule has 0 amide bonds. The molecule has 0 atom stereocenters. The van der Waals surface area contributed by atoms with Gasteiger partial charge in [-0.1, -0.05) is 27.5 Å². The summed E-state index contributed by atoms with van der Waals surface area (Å²) < 4.78 is 24.8. The summed E-state index contributed by atoms with van der Waals surface area (Å²) in [7, 11) is 0. The Balaban J connectivity index is 3.39. The molecule has 15 heavy (non-hydrogen) atoms. The monoisotopic (exact) mass is 299 g/mol. The van der Waals surface area contributed by atoms with Crippen molar-refractivity contribution in [3.05, 3.63) is 28.0 Å². The predicted octanol–water partition coefficient (Wildman–Crippen LogP) is 3.27. The van der Waals surface area contributed by atoms with Gasteiger partial charge in [-0.15, -0.1) is 0 Å². The smallest absolute Gasteiger partial charge is 0.337 e. The maximum absolute atomic E-state index is 12.4. The number of hydrogen-bond acceptors (Lipinski definition) is 2. The summed E-state index contributed by atoms with van der Waals surface area (Å²) in [5.74, 6) is -1.45. The van der Waals surface area contributed by atoms with E-state index < -0.39 is 23.7 Å². The van der Waals surface area contributed by atoms with Crippen molar-refractivity contribution in [2.45, 2.75) is 11.8 Å². The fraction of sp³-hybridized carbons (Fsp3) is 0.250. The van der Waals surface area contributed by atoms with Crippen molar-refractivity contribution < 1.29 is 18.7 Å². The molecule has 1 aromatic rings. The van der Waals surface area contributed by atoms with Crippen LogP contribution < -0.4 is 0 Å². The van der Waals surface area contributed by atoms with E-state index in [1.807, 2.05) is 0 Å². The summed E-state index contributed by atoms with van der Waals surface area (Å²) >= 11 is 8.63. The lowest BCUT2D eigenvalue weighted by atomic mass is 10.1. The topological polar surface area (TPSA) is 50.2 Å².